The molecule has 0 atom stereocenters. The third kappa shape index (κ3) is 3.12. The molecule has 0 spiro atoms. The Morgan fingerprint density at radius 3 is 2.81 bits per heavy atom. The highest BCUT2D eigenvalue weighted by Gasteiger charge is 2.25. The Labute approximate surface area is 155 Å². The summed E-state index contributed by atoms with van der Waals surface area (Å²) in [6, 6.07) is 7.83. The Bertz CT molecular complexity index is 986. The van der Waals surface area contributed by atoms with Gasteiger partial charge in [-0.05, 0) is 42.9 Å². The van der Waals surface area contributed by atoms with Gasteiger partial charge in [-0.2, -0.15) is 0 Å². The van der Waals surface area contributed by atoms with Crippen LogP contribution in [0.4, 0.5) is 5.00 Å². The van der Waals surface area contributed by atoms with Crippen molar-refractivity contribution >= 4 is 39.1 Å². The van der Waals surface area contributed by atoms with Crippen LogP contribution in [0.3, 0.4) is 0 Å². The summed E-state index contributed by atoms with van der Waals surface area (Å²) >= 11 is 1.43. The number of hydrogen-bond donors (Lipinski definition) is 3. The van der Waals surface area contributed by atoms with Crippen molar-refractivity contribution in [2.24, 2.45) is 0 Å². The molecule has 1 aliphatic carbocycles. The molecule has 2 aromatic heterocycles. The molecule has 1 amide bonds. The molecule has 0 unspecified atom stereocenters. The summed E-state index contributed by atoms with van der Waals surface area (Å²) in [5.41, 5.74) is 3.11. The van der Waals surface area contributed by atoms with E-state index in [1.165, 1.54) is 11.3 Å². The number of nitrogens with one attached hydrogen (secondary N) is 2. The number of carbonyl (C=O) groups is 2. The molecule has 1 aliphatic rings. The average Bonchev–Trinajstić information content (AvgIpc) is 3.09. The predicted octanol–water partition coefficient (Wildman–Crippen LogP) is 4.38. The first kappa shape index (κ1) is 16.8. The van der Waals surface area contributed by atoms with E-state index in [4.69, 9.17) is 0 Å². The largest absolute Gasteiger partial charge is 0.478 e. The maximum absolute atomic E-state index is 12.6. The fraction of sp³-hybridized carbons (Fsp3) is 0.300. The molecular formula is C20H20N2O3S. The third-order valence-corrected chi connectivity index (χ3v) is 6.12. The van der Waals surface area contributed by atoms with Crippen molar-refractivity contribution in [3.8, 4) is 0 Å². The zero-order chi connectivity index (χ0) is 18.1. The molecular weight excluding hydrogens is 348 g/mol. The minimum absolute atomic E-state index is 0.186. The van der Waals surface area contributed by atoms with Crippen molar-refractivity contribution < 1.29 is 14.7 Å². The number of aromatic nitrogens is 1. The Hall–Kier alpha value is -2.60. The summed E-state index contributed by atoms with van der Waals surface area (Å²) in [4.78, 5) is 28.6. The van der Waals surface area contributed by atoms with Crippen LogP contribution in [-0.4, -0.2) is 22.0 Å². The van der Waals surface area contributed by atoms with Crippen LogP contribution in [0.2, 0.25) is 0 Å². The second-order valence-electron chi connectivity index (χ2n) is 6.66. The summed E-state index contributed by atoms with van der Waals surface area (Å²) < 4.78 is 0. The topological polar surface area (TPSA) is 82.2 Å². The lowest BCUT2D eigenvalue weighted by Crippen LogP contribution is -2.15. The number of hydrogen-bond acceptors (Lipinski definition) is 3. The number of para-hydroxylation sites is 1. The van der Waals surface area contributed by atoms with Gasteiger partial charge >= 0.3 is 5.97 Å². The molecule has 1 aromatic carbocycles. The normalized spacial score (nSPS) is 14.0. The van der Waals surface area contributed by atoms with Crippen LogP contribution >= 0.6 is 11.3 Å². The number of aromatic amines is 1. The van der Waals surface area contributed by atoms with E-state index in [1.54, 1.807) is 0 Å². The minimum Gasteiger partial charge on any atom is -0.478 e. The number of carboxylic acid groups (broad SMARTS) is 1. The number of aryl methyl sites for hydroxylation is 1. The number of fused-ring (bicyclic) bond motifs is 2. The van der Waals surface area contributed by atoms with Crippen LogP contribution in [-0.2, 0) is 24.1 Å². The fourth-order valence-electron chi connectivity index (χ4n) is 3.68. The first-order valence-corrected chi connectivity index (χ1v) is 9.68. The highest BCUT2D eigenvalue weighted by molar-refractivity contribution is 7.17. The van der Waals surface area contributed by atoms with Gasteiger partial charge < -0.3 is 15.4 Å². The summed E-state index contributed by atoms with van der Waals surface area (Å²) in [5.74, 6) is -1.14. The first-order chi connectivity index (χ1) is 12.6. The number of rotatable bonds is 4. The molecule has 2 heterocycles. The molecule has 0 saturated heterocycles. The third-order valence-electron chi connectivity index (χ3n) is 4.91. The highest BCUT2D eigenvalue weighted by atomic mass is 32.1. The predicted molar refractivity (Wildman–Crippen MR) is 103 cm³/mol. The van der Waals surface area contributed by atoms with Gasteiger partial charge in [-0.3, -0.25) is 4.79 Å². The molecule has 0 fully saturated rings. The molecule has 0 saturated carbocycles. The Morgan fingerprint density at radius 1 is 1.15 bits per heavy atom. The van der Waals surface area contributed by atoms with E-state index in [1.807, 2.05) is 30.5 Å². The molecule has 3 aromatic rings. The van der Waals surface area contributed by atoms with E-state index in [0.717, 1.165) is 59.0 Å². The van der Waals surface area contributed by atoms with E-state index in [9.17, 15) is 14.7 Å². The van der Waals surface area contributed by atoms with Crippen LogP contribution in [0.25, 0.3) is 10.9 Å². The standard InChI is InChI=1S/C20H20N2O3S/c23-17(10-12-11-21-15-8-5-4-6-13(12)15)22-19-18(20(24)25)14-7-2-1-3-9-16(14)26-19/h4-6,8,11,21H,1-3,7,9-10H2,(H,22,23)(H,24,25). The minimum atomic E-state index is -0.952. The molecule has 5 nitrogen and oxygen atoms in total. The monoisotopic (exact) mass is 368 g/mol. The average molecular weight is 368 g/mol. The summed E-state index contributed by atoms with van der Waals surface area (Å²) in [6.07, 6.45) is 6.95. The summed E-state index contributed by atoms with van der Waals surface area (Å²) in [6.45, 7) is 0. The van der Waals surface area contributed by atoms with Crippen molar-refractivity contribution in [3.05, 3.63) is 52.0 Å². The van der Waals surface area contributed by atoms with Gasteiger partial charge in [-0.15, -0.1) is 11.3 Å². The molecule has 4 rings (SSSR count). The number of H-pyrrole nitrogens is 1. The number of benzene rings is 1. The van der Waals surface area contributed by atoms with Crippen LogP contribution in [0.1, 0.15) is 45.6 Å². The van der Waals surface area contributed by atoms with Gasteiger partial charge in [-0.25, -0.2) is 4.79 Å². The fourth-order valence-corrected chi connectivity index (χ4v) is 4.98. The zero-order valence-electron chi connectivity index (χ0n) is 14.3. The van der Waals surface area contributed by atoms with Crippen LogP contribution in [0.15, 0.2) is 30.5 Å². The van der Waals surface area contributed by atoms with Crippen LogP contribution < -0.4 is 5.32 Å². The molecule has 3 N–H and O–H groups in total. The number of aromatic carboxylic acids is 1. The number of anilines is 1. The van der Waals surface area contributed by atoms with Crippen LogP contribution in [0.5, 0.6) is 0 Å². The van der Waals surface area contributed by atoms with E-state index in [0.29, 0.717) is 10.6 Å². The quantitative estimate of drug-likeness (QED) is 0.598. The second-order valence-corrected chi connectivity index (χ2v) is 7.76. The highest BCUT2D eigenvalue weighted by Crippen LogP contribution is 2.37. The Balaban J connectivity index is 1.59. The molecule has 134 valence electrons. The Morgan fingerprint density at radius 2 is 1.96 bits per heavy atom. The summed E-state index contributed by atoms with van der Waals surface area (Å²) in [5, 5.41) is 14.0. The molecule has 0 bridgehead atoms. The number of amides is 1. The van der Waals surface area contributed by atoms with Gasteiger partial charge in [0, 0.05) is 22.0 Å². The van der Waals surface area contributed by atoms with E-state index in [2.05, 4.69) is 10.3 Å². The maximum atomic E-state index is 12.6. The van der Waals surface area contributed by atoms with Crippen molar-refractivity contribution in [1.29, 1.82) is 0 Å². The van der Waals surface area contributed by atoms with E-state index < -0.39 is 5.97 Å². The second kappa shape index (κ2) is 6.96. The van der Waals surface area contributed by atoms with Crippen molar-refractivity contribution in [3.63, 3.8) is 0 Å². The lowest BCUT2D eigenvalue weighted by atomic mass is 10.1. The van der Waals surface area contributed by atoms with Gasteiger partial charge in [0.15, 0.2) is 0 Å². The van der Waals surface area contributed by atoms with E-state index in [-0.39, 0.29) is 12.3 Å². The van der Waals surface area contributed by atoms with Gasteiger partial charge in [0.25, 0.3) is 0 Å². The summed E-state index contributed by atoms with van der Waals surface area (Å²) in [7, 11) is 0. The lowest BCUT2D eigenvalue weighted by molar-refractivity contribution is -0.115. The number of carboxylic acids is 1. The van der Waals surface area contributed by atoms with Gasteiger partial charge in [0.05, 0.1) is 12.0 Å². The number of thiophene rings is 1. The van der Waals surface area contributed by atoms with Crippen molar-refractivity contribution in [1.82, 2.24) is 4.98 Å². The van der Waals surface area contributed by atoms with Gasteiger partial charge in [0.2, 0.25) is 5.91 Å². The maximum Gasteiger partial charge on any atom is 0.339 e. The lowest BCUT2D eigenvalue weighted by Gasteiger charge is -2.05. The first-order valence-electron chi connectivity index (χ1n) is 8.86. The van der Waals surface area contributed by atoms with E-state index >= 15 is 0 Å². The molecule has 0 radical (unpaired) electrons. The van der Waals surface area contributed by atoms with Crippen LogP contribution in [0, 0.1) is 0 Å². The smallest absolute Gasteiger partial charge is 0.339 e. The van der Waals surface area contributed by atoms with Gasteiger partial charge in [0.1, 0.15) is 5.00 Å². The molecule has 26 heavy (non-hydrogen) atoms. The zero-order valence-corrected chi connectivity index (χ0v) is 15.1. The molecule has 6 heteroatoms. The van der Waals surface area contributed by atoms with Crippen molar-refractivity contribution in [2.75, 3.05) is 5.32 Å². The Kier molecular flexibility index (Phi) is 4.51. The SMILES string of the molecule is O=C(Cc1c[nH]c2ccccc12)Nc1sc2c(c1C(=O)O)CCCCC2. The molecule has 0 aliphatic heterocycles. The van der Waals surface area contributed by atoms with Gasteiger partial charge in [-0.1, -0.05) is 24.6 Å². The number of carbonyl (C=O) groups excluding carboxylic acids is 1. The van der Waals surface area contributed by atoms with Crippen molar-refractivity contribution in [2.45, 2.75) is 38.5 Å².